The second kappa shape index (κ2) is 3.10. The number of fused-ring (bicyclic) bond motifs is 3. The van der Waals surface area contributed by atoms with Crippen LogP contribution in [0.15, 0.2) is 60.2 Å². The lowest BCUT2D eigenvalue weighted by Crippen LogP contribution is -2.15. The first-order valence-corrected chi connectivity index (χ1v) is 6.23. The molecule has 4 rings (SSSR count). The molecule has 0 nitrogen and oxygen atoms in total. The Balaban J connectivity index is 2.06. The zero-order valence-electron chi connectivity index (χ0n) is 9.85. The molecule has 0 radical (unpaired) electrons. The summed E-state index contributed by atoms with van der Waals surface area (Å²) < 4.78 is 0. The third kappa shape index (κ3) is 1.13. The van der Waals surface area contributed by atoms with Gasteiger partial charge in [-0.2, -0.15) is 0 Å². The summed E-state index contributed by atoms with van der Waals surface area (Å²) in [5.74, 6) is 1.13. The smallest absolute Gasteiger partial charge is 0.0199 e. The highest BCUT2D eigenvalue weighted by molar-refractivity contribution is 5.97. The molecular weight excluding hydrogens is 204 g/mol. The van der Waals surface area contributed by atoms with Gasteiger partial charge in [-0.3, -0.25) is 0 Å². The molecule has 0 amide bonds. The van der Waals surface area contributed by atoms with Crippen molar-refractivity contribution in [1.29, 1.82) is 0 Å². The second-order valence-electron chi connectivity index (χ2n) is 5.12. The molecule has 82 valence electrons. The van der Waals surface area contributed by atoms with Gasteiger partial charge in [-0.1, -0.05) is 60.2 Å². The maximum atomic E-state index is 2.39. The molecule has 0 saturated heterocycles. The largest absolute Gasteiger partial charge is 0.0766 e. The van der Waals surface area contributed by atoms with Gasteiger partial charge in [0.2, 0.25) is 0 Å². The van der Waals surface area contributed by atoms with Gasteiger partial charge in [-0.05, 0) is 29.2 Å². The van der Waals surface area contributed by atoms with Crippen LogP contribution in [-0.2, 0) is 0 Å². The van der Waals surface area contributed by atoms with Gasteiger partial charge in [-0.15, -0.1) is 0 Å². The van der Waals surface area contributed by atoms with Crippen molar-refractivity contribution in [2.75, 3.05) is 0 Å². The van der Waals surface area contributed by atoms with Crippen molar-refractivity contribution >= 4 is 11.1 Å². The van der Waals surface area contributed by atoms with Crippen LogP contribution in [0, 0.1) is 11.8 Å². The molecule has 0 heteroatoms. The van der Waals surface area contributed by atoms with Gasteiger partial charge in [0, 0.05) is 11.8 Å². The van der Waals surface area contributed by atoms with E-state index >= 15 is 0 Å². The minimum absolute atomic E-state index is 0.558. The normalized spacial score (nSPS) is 27.9. The molecule has 0 aliphatic heterocycles. The maximum absolute atomic E-state index is 2.39. The zero-order chi connectivity index (χ0) is 11.4. The predicted octanol–water partition coefficient (Wildman–Crippen LogP) is 4.23. The van der Waals surface area contributed by atoms with Crippen LogP contribution in [0.1, 0.15) is 18.1 Å². The van der Waals surface area contributed by atoms with E-state index < -0.39 is 0 Å². The Morgan fingerprint density at radius 2 is 1.76 bits per heavy atom. The van der Waals surface area contributed by atoms with Gasteiger partial charge in [0.1, 0.15) is 0 Å². The molecular formula is C17H14. The molecule has 3 aliphatic carbocycles. The molecule has 17 heavy (non-hydrogen) atoms. The van der Waals surface area contributed by atoms with Crippen LogP contribution in [0.25, 0.3) is 11.1 Å². The van der Waals surface area contributed by atoms with E-state index in [0.29, 0.717) is 11.8 Å². The van der Waals surface area contributed by atoms with Crippen molar-refractivity contribution in [1.82, 2.24) is 0 Å². The fourth-order valence-corrected chi connectivity index (χ4v) is 3.41. The minimum Gasteiger partial charge on any atom is -0.0766 e. The van der Waals surface area contributed by atoms with E-state index in [4.69, 9.17) is 0 Å². The molecule has 2 atom stereocenters. The highest BCUT2D eigenvalue weighted by Gasteiger charge is 2.37. The molecule has 2 unspecified atom stereocenters. The highest BCUT2D eigenvalue weighted by Crippen LogP contribution is 2.53. The Bertz CT molecular complexity index is 623. The molecule has 1 aromatic rings. The SMILES string of the molecule is CC1=CC2C=CC=C3c4ccccc4C(=C1)C32. The Kier molecular flexibility index (Phi) is 1.69. The predicted molar refractivity (Wildman–Crippen MR) is 72.3 cm³/mol. The first-order valence-electron chi connectivity index (χ1n) is 6.23. The fourth-order valence-electron chi connectivity index (χ4n) is 3.41. The van der Waals surface area contributed by atoms with Gasteiger partial charge in [0.25, 0.3) is 0 Å². The van der Waals surface area contributed by atoms with Crippen LogP contribution in [0.4, 0.5) is 0 Å². The first kappa shape index (κ1) is 9.23. The third-order valence-corrected chi connectivity index (χ3v) is 4.05. The average Bonchev–Trinajstić information content (AvgIpc) is 2.67. The summed E-state index contributed by atoms with van der Waals surface area (Å²) in [5.41, 5.74) is 7.28. The van der Waals surface area contributed by atoms with Crippen molar-refractivity contribution in [3.05, 3.63) is 71.3 Å². The molecule has 0 spiro atoms. The number of rotatable bonds is 0. The van der Waals surface area contributed by atoms with E-state index in [1.165, 1.54) is 27.8 Å². The summed E-state index contributed by atoms with van der Waals surface area (Å²) in [6.45, 7) is 2.20. The van der Waals surface area contributed by atoms with Gasteiger partial charge < -0.3 is 0 Å². The summed E-state index contributed by atoms with van der Waals surface area (Å²) in [7, 11) is 0. The Morgan fingerprint density at radius 3 is 2.59 bits per heavy atom. The molecule has 0 heterocycles. The highest BCUT2D eigenvalue weighted by atomic mass is 14.4. The van der Waals surface area contributed by atoms with Crippen molar-refractivity contribution in [2.24, 2.45) is 11.8 Å². The summed E-state index contributed by atoms with van der Waals surface area (Å²) in [4.78, 5) is 0. The van der Waals surface area contributed by atoms with Crippen molar-refractivity contribution in [3.8, 4) is 0 Å². The first-order chi connectivity index (χ1) is 8.34. The maximum Gasteiger partial charge on any atom is 0.0199 e. The quantitative estimate of drug-likeness (QED) is 0.611. The Hall–Kier alpha value is -1.82. The van der Waals surface area contributed by atoms with Crippen LogP contribution >= 0.6 is 0 Å². The lowest BCUT2D eigenvalue weighted by Gasteiger charge is -2.27. The summed E-state index contributed by atoms with van der Waals surface area (Å²) in [6, 6.07) is 8.81. The Labute approximate surface area is 102 Å². The molecule has 0 aromatic heterocycles. The van der Waals surface area contributed by atoms with Gasteiger partial charge in [0.15, 0.2) is 0 Å². The lowest BCUT2D eigenvalue weighted by molar-refractivity contribution is 0.701. The van der Waals surface area contributed by atoms with Gasteiger partial charge in [0.05, 0.1) is 0 Å². The Morgan fingerprint density at radius 1 is 1.00 bits per heavy atom. The van der Waals surface area contributed by atoms with E-state index in [0.717, 1.165) is 0 Å². The molecule has 0 bridgehead atoms. The van der Waals surface area contributed by atoms with Crippen molar-refractivity contribution in [2.45, 2.75) is 6.92 Å². The van der Waals surface area contributed by atoms with Crippen LogP contribution < -0.4 is 0 Å². The standard InChI is InChI=1S/C17H14/c1-11-9-12-5-4-8-15-13-6-2-3-7-14(13)16(10-11)17(12)15/h2-10,12,17H,1H3. The average molecular weight is 218 g/mol. The minimum atomic E-state index is 0.558. The molecule has 3 aliphatic rings. The lowest BCUT2D eigenvalue weighted by atomic mass is 9.76. The van der Waals surface area contributed by atoms with Crippen LogP contribution in [0.2, 0.25) is 0 Å². The monoisotopic (exact) mass is 218 g/mol. The third-order valence-electron chi connectivity index (χ3n) is 4.05. The van der Waals surface area contributed by atoms with E-state index in [2.05, 4.69) is 61.6 Å². The number of hydrogen-bond donors (Lipinski definition) is 0. The van der Waals surface area contributed by atoms with Crippen molar-refractivity contribution < 1.29 is 0 Å². The van der Waals surface area contributed by atoms with Crippen LogP contribution in [-0.4, -0.2) is 0 Å². The van der Waals surface area contributed by atoms with Gasteiger partial charge in [-0.25, -0.2) is 0 Å². The molecule has 0 N–H and O–H groups in total. The molecule has 0 saturated carbocycles. The summed E-state index contributed by atoms with van der Waals surface area (Å²) in [5, 5.41) is 0. The summed E-state index contributed by atoms with van der Waals surface area (Å²) >= 11 is 0. The topological polar surface area (TPSA) is 0 Å². The fraction of sp³-hybridized carbons (Fsp3) is 0.176. The van der Waals surface area contributed by atoms with Crippen LogP contribution in [0.3, 0.4) is 0 Å². The van der Waals surface area contributed by atoms with E-state index in [1.807, 2.05) is 0 Å². The number of allylic oxidation sites excluding steroid dienone is 8. The van der Waals surface area contributed by atoms with Crippen LogP contribution in [0.5, 0.6) is 0 Å². The van der Waals surface area contributed by atoms with E-state index in [9.17, 15) is 0 Å². The molecule has 1 aromatic carbocycles. The second-order valence-corrected chi connectivity index (χ2v) is 5.12. The van der Waals surface area contributed by atoms with E-state index in [1.54, 1.807) is 0 Å². The van der Waals surface area contributed by atoms with Gasteiger partial charge >= 0.3 is 0 Å². The number of benzene rings is 1. The van der Waals surface area contributed by atoms with Crippen molar-refractivity contribution in [3.63, 3.8) is 0 Å². The van der Waals surface area contributed by atoms with E-state index in [-0.39, 0.29) is 0 Å². The molecule has 0 fully saturated rings. The number of hydrogen-bond acceptors (Lipinski definition) is 0. The zero-order valence-corrected chi connectivity index (χ0v) is 9.85. The summed E-state index contributed by atoms with van der Waals surface area (Å²) in [6.07, 6.45) is 11.6.